The minimum absolute atomic E-state index is 0.0283. The Labute approximate surface area is 218 Å². The molecular weight excluding hydrogens is 486 g/mol. The van der Waals surface area contributed by atoms with Gasteiger partial charge in [-0.15, -0.1) is 0 Å². The minimum atomic E-state index is -3.73. The van der Waals surface area contributed by atoms with Gasteiger partial charge in [0.1, 0.15) is 0 Å². The Morgan fingerprint density at radius 1 is 0.946 bits per heavy atom. The number of allylic oxidation sites excluding steroid dienone is 3. The van der Waals surface area contributed by atoms with Crippen molar-refractivity contribution in [2.45, 2.75) is 17.7 Å². The number of hydrogen-bond donors (Lipinski definition) is 2. The minimum Gasteiger partial charge on any atom is -0.400 e. The number of carbonyl (C=O) groups is 1. The lowest BCUT2D eigenvalue weighted by atomic mass is 10.1. The first-order valence-electron chi connectivity index (χ1n) is 12.6. The molecule has 3 N–H and O–H groups in total. The van der Waals surface area contributed by atoms with Gasteiger partial charge in [0.05, 0.1) is 10.6 Å². The summed E-state index contributed by atoms with van der Waals surface area (Å²) in [6.07, 6.45) is 6.95. The zero-order valence-corrected chi connectivity index (χ0v) is 21.9. The lowest BCUT2D eigenvalue weighted by Gasteiger charge is -2.34. The van der Waals surface area contributed by atoms with Crippen molar-refractivity contribution in [2.24, 2.45) is 5.73 Å². The van der Waals surface area contributed by atoms with Crippen molar-refractivity contribution in [2.75, 3.05) is 51.2 Å². The highest BCUT2D eigenvalue weighted by Gasteiger charge is 2.30. The van der Waals surface area contributed by atoms with Crippen molar-refractivity contribution in [1.82, 2.24) is 14.5 Å². The van der Waals surface area contributed by atoms with Gasteiger partial charge < -0.3 is 20.9 Å². The van der Waals surface area contributed by atoms with Crippen LogP contribution in [0.2, 0.25) is 0 Å². The Morgan fingerprint density at radius 3 is 2.24 bits per heavy atom. The van der Waals surface area contributed by atoms with Crippen molar-refractivity contribution in [3.8, 4) is 11.1 Å². The normalized spacial score (nSPS) is 19.3. The second-order valence-electron chi connectivity index (χ2n) is 9.72. The van der Waals surface area contributed by atoms with Gasteiger partial charge in [-0.2, -0.15) is 4.31 Å². The predicted octanol–water partition coefficient (Wildman–Crippen LogP) is 2.67. The van der Waals surface area contributed by atoms with Gasteiger partial charge in [0.2, 0.25) is 10.0 Å². The number of carbonyl (C=O) groups excluding carboxylic acids is 1. The van der Waals surface area contributed by atoms with Crippen LogP contribution in [0.5, 0.6) is 0 Å². The standard InChI is InChI=1S/C28H33N5O3S/c1-31-16-18-32(19-17-31)24-10-6-21(7-11-24)22-8-12-25(13-9-22)37(35,36)33-15-14-23(20-33)28(34)30-27-5-3-2-4-26(27)29/h3,5-14H,2,4,15-20,29H2,1H3,(H,30,34). The molecule has 2 aromatic carbocycles. The van der Waals surface area contributed by atoms with Crippen LogP contribution in [0.3, 0.4) is 0 Å². The highest BCUT2D eigenvalue weighted by Crippen LogP contribution is 2.27. The van der Waals surface area contributed by atoms with E-state index in [-0.39, 0.29) is 23.9 Å². The molecule has 3 aliphatic rings. The SMILES string of the molecule is CN1CCN(c2ccc(-c3ccc(S(=O)(=O)N4CC=C(C(=O)NC5=C(N)CCC=C5)C4)cc3)cc2)CC1. The molecule has 1 fully saturated rings. The fraction of sp³-hybridized carbons (Fsp3) is 0.321. The van der Waals surface area contributed by atoms with Crippen LogP contribution in [0.15, 0.2) is 88.6 Å². The monoisotopic (exact) mass is 519 g/mol. The van der Waals surface area contributed by atoms with Gasteiger partial charge in [-0.25, -0.2) is 8.42 Å². The third-order valence-corrected chi connectivity index (χ3v) is 9.03. The lowest BCUT2D eigenvalue weighted by Crippen LogP contribution is -2.44. The van der Waals surface area contributed by atoms with Crippen molar-refractivity contribution in [3.05, 3.63) is 83.7 Å². The van der Waals surface area contributed by atoms with E-state index in [1.54, 1.807) is 24.3 Å². The van der Waals surface area contributed by atoms with Gasteiger partial charge in [0.15, 0.2) is 0 Å². The number of nitrogens with two attached hydrogens (primary N) is 1. The number of amides is 1. The molecule has 0 spiro atoms. The van der Waals surface area contributed by atoms with E-state index in [0.29, 0.717) is 23.4 Å². The number of anilines is 1. The Morgan fingerprint density at radius 2 is 1.59 bits per heavy atom. The number of nitrogens with one attached hydrogen (secondary N) is 1. The van der Waals surface area contributed by atoms with E-state index in [0.717, 1.165) is 43.7 Å². The fourth-order valence-corrected chi connectivity index (χ4v) is 6.14. The number of hydrogen-bond acceptors (Lipinski definition) is 6. The van der Waals surface area contributed by atoms with Crippen LogP contribution in [0.25, 0.3) is 11.1 Å². The molecule has 8 nitrogen and oxygen atoms in total. The molecule has 0 radical (unpaired) electrons. The second-order valence-corrected chi connectivity index (χ2v) is 11.7. The first-order valence-corrected chi connectivity index (χ1v) is 14.0. The summed E-state index contributed by atoms with van der Waals surface area (Å²) in [4.78, 5) is 17.6. The topological polar surface area (TPSA) is 99.0 Å². The van der Waals surface area contributed by atoms with Crippen LogP contribution in [-0.4, -0.2) is 69.8 Å². The Hall–Kier alpha value is -3.40. The van der Waals surface area contributed by atoms with Gasteiger partial charge in [0.25, 0.3) is 5.91 Å². The molecule has 0 unspecified atom stereocenters. The molecule has 1 saturated heterocycles. The zero-order valence-electron chi connectivity index (χ0n) is 21.1. The van der Waals surface area contributed by atoms with Gasteiger partial charge in [-0.1, -0.05) is 36.4 Å². The first-order chi connectivity index (χ1) is 17.8. The summed E-state index contributed by atoms with van der Waals surface area (Å²) < 4.78 is 27.8. The molecule has 5 rings (SSSR count). The number of likely N-dealkylation sites (N-methyl/N-ethyl adjacent to an activating group) is 1. The van der Waals surface area contributed by atoms with Crippen molar-refractivity contribution >= 4 is 21.6 Å². The summed E-state index contributed by atoms with van der Waals surface area (Å²) in [5.41, 5.74) is 10.8. The number of rotatable bonds is 6. The molecule has 0 saturated carbocycles. The summed E-state index contributed by atoms with van der Waals surface area (Å²) in [5, 5.41) is 2.81. The molecule has 9 heteroatoms. The highest BCUT2D eigenvalue weighted by molar-refractivity contribution is 7.89. The van der Waals surface area contributed by atoms with E-state index < -0.39 is 10.0 Å². The smallest absolute Gasteiger partial charge is 0.252 e. The largest absolute Gasteiger partial charge is 0.400 e. The predicted molar refractivity (Wildman–Crippen MR) is 146 cm³/mol. The van der Waals surface area contributed by atoms with E-state index in [1.165, 1.54) is 9.99 Å². The first kappa shape index (κ1) is 25.3. The fourth-order valence-electron chi connectivity index (χ4n) is 4.78. The third kappa shape index (κ3) is 5.49. The van der Waals surface area contributed by atoms with E-state index in [1.807, 2.05) is 18.2 Å². The van der Waals surface area contributed by atoms with Crippen molar-refractivity contribution in [1.29, 1.82) is 0 Å². The molecule has 0 aromatic heterocycles. The molecule has 2 heterocycles. The third-order valence-electron chi connectivity index (χ3n) is 7.20. The summed E-state index contributed by atoms with van der Waals surface area (Å²) in [5.74, 6) is -0.322. The molecule has 0 atom stereocenters. The summed E-state index contributed by atoms with van der Waals surface area (Å²) in [6, 6.07) is 15.3. The van der Waals surface area contributed by atoms with E-state index in [9.17, 15) is 13.2 Å². The Kier molecular flexibility index (Phi) is 7.19. The van der Waals surface area contributed by atoms with Gasteiger partial charge in [-0.3, -0.25) is 4.79 Å². The number of nitrogens with zero attached hydrogens (tertiary/aromatic N) is 3. The van der Waals surface area contributed by atoms with Crippen LogP contribution >= 0.6 is 0 Å². The van der Waals surface area contributed by atoms with E-state index >= 15 is 0 Å². The lowest BCUT2D eigenvalue weighted by molar-refractivity contribution is -0.116. The maximum absolute atomic E-state index is 13.2. The maximum Gasteiger partial charge on any atom is 0.252 e. The summed E-state index contributed by atoms with van der Waals surface area (Å²) >= 11 is 0. The highest BCUT2D eigenvalue weighted by atomic mass is 32.2. The second kappa shape index (κ2) is 10.5. The molecule has 194 valence electrons. The molecule has 1 amide bonds. The van der Waals surface area contributed by atoms with Crippen LogP contribution in [0.4, 0.5) is 5.69 Å². The zero-order chi connectivity index (χ0) is 26.0. The van der Waals surface area contributed by atoms with Crippen molar-refractivity contribution in [3.63, 3.8) is 0 Å². The van der Waals surface area contributed by atoms with Gasteiger partial charge in [-0.05, 0) is 61.4 Å². The number of benzene rings is 2. The van der Waals surface area contributed by atoms with Gasteiger partial charge >= 0.3 is 0 Å². The van der Waals surface area contributed by atoms with E-state index in [4.69, 9.17) is 5.73 Å². The van der Waals surface area contributed by atoms with Gasteiger partial charge in [0, 0.05) is 56.2 Å². The molecule has 2 aliphatic heterocycles. The number of sulfonamides is 1. The van der Waals surface area contributed by atoms with Crippen LogP contribution in [0, 0.1) is 0 Å². The number of piperazine rings is 1. The molecule has 0 bridgehead atoms. The average Bonchev–Trinajstić information content (AvgIpc) is 3.42. The molecular formula is C28H33N5O3S. The van der Waals surface area contributed by atoms with E-state index in [2.05, 4.69) is 46.4 Å². The van der Waals surface area contributed by atoms with Crippen LogP contribution in [-0.2, 0) is 14.8 Å². The molecule has 1 aliphatic carbocycles. The van der Waals surface area contributed by atoms with Crippen LogP contribution in [0.1, 0.15) is 12.8 Å². The Bertz CT molecular complexity index is 1350. The maximum atomic E-state index is 13.2. The average molecular weight is 520 g/mol. The van der Waals surface area contributed by atoms with Crippen LogP contribution < -0.4 is 16.0 Å². The molecule has 2 aromatic rings. The summed E-state index contributed by atoms with van der Waals surface area (Å²) in [7, 11) is -1.59. The Balaban J connectivity index is 1.22. The quantitative estimate of drug-likeness (QED) is 0.609. The van der Waals surface area contributed by atoms with Crippen molar-refractivity contribution < 1.29 is 13.2 Å². The summed E-state index contributed by atoms with van der Waals surface area (Å²) in [6.45, 7) is 4.33. The molecule has 37 heavy (non-hydrogen) atoms.